The molecule has 0 N–H and O–H groups in total. The van der Waals surface area contributed by atoms with Crippen molar-refractivity contribution < 1.29 is 18.1 Å². The van der Waals surface area contributed by atoms with E-state index in [1.807, 2.05) is 0 Å². The average molecular weight is 336 g/mol. The van der Waals surface area contributed by atoms with Crippen LogP contribution < -0.4 is 0 Å². The molecule has 0 unspecified atom stereocenters. The zero-order chi connectivity index (χ0) is 15.6. The molecule has 1 heterocycles. The van der Waals surface area contributed by atoms with Crippen LogP contribution in [0.4, 0.5) is 18.9 Å². The van der Waals surface area contributed by atoms with E-state index in [2.05, 4.69) is 9.97 Å². The minimum atomic E-state index is -4.68. The fourth-order valence-electron chi connectivity index (χ4n) is 1.40. The van der Waals surface area contributed by atoms with E-state index in [9.17, 15) is 23.3 Å². The molecule has 0 aliphatic heterocycles. The number of nitrogens with zero attached hydrogens (tertiary/aromatic N) is 3. The third-order valence-corrected chi connectivity index (χ3v) is 3.39. The van der Waals surface area contributed by atoms with E-state index >= 15 is 0 Å². The highest BCUT2D eigenvalue weighted by Gasteiger charge is 2.33. The second kappa shape index (κ2) is 5.86. The zero-order valence-corrected chi connectivity index (χ0v) is 11.5. The third-order valence-electron chi connectivity index (χ3n) is 2.24. The van der Waals surface area contributed by atoms with Crippen LogP contribution in [-0.2, 0) is 6.18 Å². The van der Waals surface area contributed by atoms with Crippen LogP contribution in [0.25, 0.3) is 0 Å². The number of benzene rings is 1. The van der Waals surface area contributed by atoms with Gasteiger partial charge >= 0.3 is 6.18 Å². The van der Waals surface area contributed by atoms with Crippen molar-refractivity contribution in [2.75, 3.05) is 0 Å². The molecule has 1 aromatic carbocycles. The summed E-state index contributed by atoms with van der Waals surface area (Å²) in [6.45, 7) is 0. The molecule has 10 heteroatoms. The Morgan fingerprint density at radius 1 is 1.24 bits per heavy atom. The number of alkyl halides is 3. The number of hydrogen-bond acceptors (Lipinski definition) is 5. The fourth-order valence-corrected chi connectivity index (χ4v) is 2.56. The molecular formula is C11H5ClF3N3O2S. The lowest BCUT2D eigenvalue weighted by atomic mass is 10.3. The van der Waals surface area contributed by atoms with E-state index in [1.165, 1.54) is 24.3 Å². The maximum Gasteiger partial charge on any atom is 0.433 e. The minimum absolute atomic E-state index is 0.128. The van der Waals surface area contributed by atoms with Crippen molar-refractivity contribution >= 4 is 29.1 Å². The molecule has 0 fully saturated rings. The second-order valence-electron chi connectivity index (χ2n) is 3.69. The van der Waals surface area contributed by atoms with Crippen LogP contribution in [0.1, 0.15) is 5.69 Å². The van der Waals surface area contributed by atoms with Crippen molar-refractivity contribution in [2.24, 2.45) is 0 Å². The number of hydrogen-bond donors (Lipinski definition) is 0. The average Bonchev–Trinajstić information content (AvgIpc) is 2.37. The maximum atomic E-state index is 12.6. The summed E-state index contributed by atoms with van der Waals surface area (Å²) < 4.78 is 37.9. The van der Waals surface area contributed by atoms with Crippen molar-refractivity contribution in [1.29, 1.82) is 0 Å². The molecule has 0 saturated heterocycles. The Labute approximate surface area is 125 Å². The molecule has 0 spiro atoms. The monoisotopic (exact) mass is 335 g/mol. The van der Waals surface area contributed by atoms with E-state index in [-0.39, 0.29) is 15.6 Å². The van der Waals surface area contributed by atoms with E-state index < -0.39 is 22.1 Å². The predicted octanol–water partition coefficient (Wildman–Crippen LogP) is 4.21. The summed E-state index contributed by atoms with van der Waals surface area (Å²) in [5, 5.41) is 10.2. The highest BCUT2D eigenvalue weighted by Crippen LogP contribution is 2.36. The van der Waals surface area contributed by atoms with Crippen molar-refractivity contribution in [2.45, 2.75) is 16.1 Å². The third kappa shape index (κ3) is 3.82. The molecule has 0 bridgehead atoms. The summed E-state index contributed by atoms with van der Waals surface area (Å²) in [6, 6.07) is 6.33. The first-order valence-corrected chi connectivity index (χ1v) is 6.50. The number of aromatic nitrogens is 2. The Morgan fingerprint density at radius 2 is 1.90 bits per heavy atom. The molecule has 110 valence electrons. The Morgan fingerprint density at radius 3 is 2.52 bits per heavy atom. The van der Waals surface area contributed by atoms with Gasteiger partial charge < -0.3 is 0 Å². The number of nitro groups is 1. The van der Waals surface area contributed by atoms with Gasteiger partial charge in [0.2, 0.25) is 5.28 Å². The summed E-state index contributed by atoms with van der Waals surface area (Å²) in [5.41, 5.74) is -1.44. The van der Waals surface area contributed by atoms with E-state index in [4.69, 9.17) is 11.6 Å². The second-order valence-corrected chi connectivity index (χ2v) is 5.09. The van der Waals surface area contributed by atoms with Crippen LogP contribution in [0.2, 0.25) is 5.28 Å². The van der Waals surface area contributed by atoms with Gasteiger partial charge in [-0.3, -0.25) is 10.1 Å². The summed E-state index contributed by atoms with van der Waals surface area (Å²) in [4.78, 5) is 17.1. The first-order chi connectivity index (χ1) is 9.77. The van der Waals surface area contributed by atoms with Gasteiger partial charge in [0.05, 0.1) is 9.82 Å². The summed E-state index contributed by atoms with van der Waals surface area (Å²) in [5.74, 6) is 0. The Hall–Kier alpha value is -1.87. The molecule has 21 heavy (non-hydrogen) atoms. The zero-order valence-electron chi connectivity index (χ0n) is 9.96. The minimum Gasteiger partial charge on any atom is -0.258 e. The topological polar surface area (TPSA) is 68.9 Å². The maximum absolute atomic E-state index is 12.6. The lowest BCUT2D eigenvalue weighted by Gasteiger charge is -2.08. The number of nitro benzene ring substituents is 1. The van der Waals surface area contributed by atoms with Crippen molar-refractivity contribution in [3.63, 3.8) is 0 Å². The molecule has 0 saturated carbocycles. The largest absolute Gasteiger partial charge is 0.433 e. The quantitative estimate of drug-likeness (QED) is 0.364. The summed E-state index contributed by atoms with van der Waals surface area (Å²) >= 11 is 6.16. The molecule has 0 aliphatic rings. The van der Waals surface area contributed by atoms with Gasteiger partial charge in [0.25, 0.3) is 5.69 Å². The van der Waals surface area contributed by atoms with Gasteiger partial charge in [-0.05, 0) is 17.7 Å². The first-order valence-electron chi connectivity index (χ1n) is 5.30. The normalized spacial score (nSPS) is 11.4. The molecule has 0 atom stereocenters. The van der Waals surface area contributed by atoms with Gasteiger partial charge in [-0.1, -0.05) is 23.9 Å². The molecule has 0 amide bonds. The molecule has 2 aromatic rings. The first kappa shape index (κ1) is 15.5. The standard InChI is InChI=1S/C11H5ClF3N3O2S/c12-10-16-8(11(13,14)15)5-9(17-10)21-7-4-2-1-3-6(7)18(19)20/h1-5H. The highest BCUT2D eigenvalue weighted by atomic mass is 35.5. The molecule has 2 rings (SSSR count). The van der Waals surface area contributed by atoms with Crippen LogP contribution in [0.15, 0.2) is 40.3 Å². The lowest BCUT2D eigenvalue weighted by Crippen LogP contribution is -2.09. The predicted molar refractivity (Wildman–Crippen MR) is 69.3 cm³/mol. The fraction of sp³-hybridized carbons (Fsp3) is 0.0909. The highest BCUT2D eigenvalue weighted by molar-refractivity contribution is 7.99. The molecule has 5 nitrogen and oxygen atoms in total. The van der Waals surface area contributed by atoms with Crippen LogP contribution in [-0.4, -0.2) is 14.9 Å². The molecule has 0 aliphatic carbocycles. The van der Waals surface area contributed by atoms with Crippen LogP contribution in [0.3, 0.4) is 0 Å². The number of rotatable bonds is 3. The van der Waals surface area contributed by atoms with E-state index in [1.54, 1.807) is 0 Å². The van der Waals surface area contributed by atoms with Crippen molar-refractivity contribution in [1.82, 2.24) is 9.97 Å². The van der Waals surface area contributed by atoms with Crippen LogP contribution in [0.5, 0.6) is 0 Å². The van der Waals surface area contributed by atoms with Crippen LogP contribution in [0, 0.1) is 10.1 Å². The lowest BCUT2D eigenvalue weighted by molar-refractivity contribution is -0.387. The van der Waals surface area contributed by atoms with Gasteiger partial charge in [-0.15, -0.1) is 0 Å². The SMILES string of the molecule is O=[N+]([O-])c1ccccc1Sc1cc(C(F)(F)F)nc(Cl)n1. The van der Waals surface area contributed by atoms with Gasteiger partial charge in [-0.2, -0.15) is 13.2 Å². The van der Waals surface area contributed by atoms with Gasteiger partial charge in [-0.25, -0.2) is 9.97 Å². The molecule has 0 radical (unpaired) electrons. The Balaban J connectivity index is 2.41. The molecule has 1 aromatic heterocycles. The van der Waals surface area contributed by atoms with Gasteiger partial charge in [0.15, 0.2) is 5.69 Å². The van der Waals surface area contributed by atoms with E-state index in [0.29, 0.717) is 17.8 Å². The summed E-state index contributed by atoms with van der Waals surface area (Å²) in [6.07, 6.45) is -4.68. The number of para-hydroxylation sites is 1. The summed E-state index contributed by atoms with van der Waals surface area (Å²) in [7, 11) is 0. The Bertz CT molecular complexity index is 697. The Kier molecular flexibility index (Phi) is 4.33. The van der Waals surface area contributed by atoms with Crippen molar-refractivity contribution in [3.8, 4) is 0 Å². The number of halogens is 4. The smallest absolute Gasteiger partial charge is 0.258 e. The molecular weight excluding hydrogens is 331 g/mol. The van der Waals surface area contributed by atoms with E-state index in [0.717, 1.165) is 0 Å². The van der Waals surface area contributed by atoms with Crippen molar-refractivity contribution in [3.05, 3.63) is 51.4 Å². The van der Waals surface area contributed by atoms with Gasteiger partial charge in [0, 0.05) is 12.1 Å². The van der Waals surface area contributed by atoms with Crippen LogP contribution >= 0.6 is 23.4 Å². The van der Waals surface area contributed by atoms with Gasteiger partial charge in [0.1, 0.15) is 5.03 Å².